The van der Waals surface area contributed by atoms with Gasteiger partial charge in [-0.25, -0.2) is 9.79 Å². The SMILES string of the molecule is CCc1ccc(C=C2SC(=Nc3ccccc3C(=O)O)NC2=O)cc1. The van der Waals surface area contributed by atoms with Crippen LogP contribution in [0.5, 0.6) is 0 Å². The van der Waals surface area contributed by atoms with E-state index in [2.05, 4.69) is 17.2 Å². The van der Waals surface area contributed by atoms with Gasteiger partial charge in [-0.15, -0.1) is 0 Å². The van der Waals surface area contributed by atoms with Gasteiger partial charge >= 0.3 is 5.97 Å². The Morgan fingerprint density at radius 1 is 1.20 bits per heavy atom. The summed E-state index contributed by atoms with van der Waals surface area (Å²) in [5.41, 5.74) is 2.57. The molecule has 6 heteroatoms. The van der Waals surface area contributed by atoms with Gasteiger partial charge in [0.15, 0.2) is 5.17 Å². The minimum Gasteiger partial charge on any atom is -0.478 e. The number of nitrogens with zero attached hydrogens (tertiary/aromatic N) is 1. The van der Waals surface area contributed by atoms with Gasteiger partial charge in [-0.3, -0.25) is 4.79 Å². The first kappa shape index (κ1) is 17.0. The Labute approximate surface area is 149 Å². The number of thioether (sulfide) groups is 1. The number of carboxylic acids is 1. The number of aromatic carboxylic acids is 1. The highest BCUT2D eigenvalue weighted by atomic mass is 32.2. The molecule has 1 aliphatic heterocycles. The van der Waals surface area contributed by atoms with Crippen LogP contribution in [0.15, 0.2) is 58.4 Å². The van der Waals surface area contributed by atoms with E-state index in [4.69, 9.17) is 0 Å². The molecule has 126 valence electrons. The summed E-state index contributed by atoms with van der Waals surface area (Å²) >= 11 is 1.20. The molecule has 1 saturated heterocycles. The summed E-state index contributed by atoms with van der Waals surface area (Å²) in [7, 11) is 0. The summed E-state index contributed by atoms with van der Waals surface area (Å²) in [4.78, 5) is 28.2. The number of amidine groups is 1. The van der Waals surface area contributed by atoms with Gasteiger partial charge in [0.05, 0.1) is 16.2 Å². The first-order valence-electron chi connectivity index (χ1n) is 7.77. The smallest absolute Gasteiger partial charge is 0.337 e. The van der Waals surface area contributed by atoms with Crippen molar-refractivity contribution < 1.29 is 14.7 Å². The highest BCUT2D eigenvalue weighted by Gasteiger charge is 2.24. The summed E-state index contributed by atoms with van der Waals surface area (Å²) in [5.74, 6) is -1.29. The highest BCUT2D eigenvalue weighted by Crippen LogP contribution is 2.29. The van der Waals surface area contributed by atoms with Gasteiger partial charge in [-0.2, -0.15) is 0 Å². The fourth-order valence-corrected chi connectivity index (χ4v) is 3.18. The number of aryl methyl sites for hydroxylation is 1. The van der Waals surface area contributed by atoms with Crippen LogP contribution < -0.4 is 5.32 Å². The summed E-state index contributed by atoms with van der Waals surface area (Å²) in [6, 6.07) is 14.4. The zero-order chi connectivity index (χ0) is 17.8. The molecular formula is C19H16N2O3S. The Morgan fingerprint density at radius 2 is 1.92 bits per heavy atom. The summed E-state index contributed by atoms with van der Waals surface area (Å²) < 4.78 is 0. The lowest BCUT2D eigenvalue weighted by Crippen LogP contribution is -2.19. The van der Waals surface area contributed by atoms with Crippen molar-refractivity contribution in [1.82, 2.24) is 5.32 Å². The lowest BCUT2D eigenvalue weighted by Gasteiger charge is -2.01. The lowest BCUT2D eigenvalue weighted by molar-refractivity contribution is -0.115. The van der Waals surface area contributed by atoms with E-state index in [1.807, 2.05) is 24.3 Å². The molecular weight excluding hydrogens is 336 g/mol. The molecule has 0 atom stereocenters. The van der Waals surface area contributed by atoms with Crippen LogP contribution in [-0.4, -0.2) is 22.2 Å². The molecule has 25 heavy (non-hydrogen) atoms. The van der Waals surface area contributed by atoms with Crippen molar-refractivity contribution in [2.24, 2.45) is 4.99 Å². The number of hydrogen-bond donors (Lipinski definition) is 2. The maximum absolute atomic E-state index is 12.1. The zero-order valence-corrected chi connectivity index (χ0v) is 14.3. The molecule has 3 rings (SSSR count). The minimum atomic E-state index is -1.05. The maximum atomic E-state index is 12.1. The van der Waals surface area contributed by atoms with E-state index < -0.39 is 5.97 Å². The van der Waals surface area contributed by atoms with Crippen molar-refractivity contribution in [3.05, 3.63) is 70.1 Å². The highest BCUT2D eigenvalue weighted by molar-refractivity contribution is 8.18. The van der Waals surface area contributed by atoms with Crippen LogP contribution in [0.2, 0.25) is 0 Å². The number of para-hydroxylation sites is 1. The fourth-order valence-electron chi connectivity index (χ4n) is 2.34. The maximum Gasteiger partial charge on any atom is 0.337 e. The van der Waals surface area contributed by atoms with Gasteiger partial charge in [0.25, 0.3) is 5.91 Å². The second-order valence-electron chi connectivity index (χ2n) is 5.40. The molecule has 2 N–H and O–H groups in total. The van der Waals surface area contributed by atoms with Crippen molar-refractivity contribution in [3.63, 3.8) is 0 Å². The number of carboxylic acid groups (broad SMARTS) is 1. The van der Waals surface area contributed by atoms with Crippen molar-refractivity contribution >= 4 is 40.6 Å². The summed E-state index contributed by atoms with van der Waals surface area (Å²) in [6.07, 6.45) is 2.76. The van der Waals surface area contributed by atoms with Gasteiger partial charge in [0.1, 0.15) is 0 Å². The molecule has 0 bridgehead atoms. The van der Waals surface area contributed by atoms with Crippen LogP contribution in [-0.2, 0) is 11.2 Å². The zero-order valence-electron chi connectivity index (χ0n) is 13.5. The third-order valence-electron chi connectivity index (χ3n) is 3.69. The molecule has 1 amide bonds. The molecule has 0 saturated carbocycles. The number of aliphatic imine (C=N–C) groups is 1. The number of nitrogens with one attached hydrogen (secondary N) is 1. The van der Waals surface area contributed by atoms with Crippen molar-refractivity contribution in [1.29, 1.82) is 0 Å². The molecule has 0 aromatic heterocycles. The molecule has 0 aliphatic carbocycles. The lowest BCUT2D eigenvalue weighted by atomic mass is 10.1. The molecule has 1 fully saturated rings. The van der Waals surface area contributed by atoms with Gasteiger partial charge in [-0.05, 0) is 47.5 Å². The predicted molar refractivity (Wildman–Crippen MR) is 100 cm³/mol. The van der Waals surface area contributed by atoms with Crippen molar-refractivity contribution in [2.45, 2.75) is 13.3 Å². The van der Waals surface area contributed by atoms with E-state index >= 15 is 0 Å². The van der Waals surface area contributed by atoms with Gasteiger partial charge in [0.2, 0.25) is 0 Å². The molecule has 0 unspecified atom stereocenters. The van der Waals surface area contributed by atoms with Crippen molar-refractivity contribution in [2.75, 3.05) is 0 Å². The van der Waals surface area contributed by atoms with E-state index in [9.17, 15) is 14.7 Å². The monoisotopic (exact) mass is 352 g/mol. The molecule has 5 nitrogen and oxygen atoms in total. The number of carbonyl (C=O) groups is 2. The number of hydrogen-bond acceptors (Lipinski definition) is 4. The van der Waals surface area contributed by atoms with Crippen LogP contribution in [0.25, 0.3) is 6.08 Å². The van der Waals surface area contributed by atoms with Gasteiger partial charge < -0.3 is 10.4 Å². The number of carbonyl (C=O) groups excluding carboxylic acids is 1. The largest absolute Gasteiger partial charge is 0.478 e. The Hall–Kier alpha value is -2.86. The van der Waals surface area contributed by atoms with E-state index in [1.165, 1.54) is 23.4 Å². The number of rotatable bonds is 4. The number of amides is 1. The quantitative estimate of drug-likeness (QED) is 0.820. The average molecular weight is 352 g/mol. The molecule has 1 heterocycles. The first-order valence-corrected chi connectivity index (χ1v) is 8.59. The second kappa shape index (κ2) is 7.36. The summed E-state index contributed by atoms with van der Waals surface area (Å²) in [6.45, 7) is 2.09. The van der Waals surface area contributed by atoms with Crippen LogP contribution in [0.3, 0.4) is 0 Å². The van der Waals surface area contributed by atoms with Gasteiger partial charge in [-0.1, -0.05) is 43.3 Å². The predicted octanol–water partition coefficient (Wildman–Crippen LogP) is 3.84. The van der Waals surface area contributed by atoms with E-state index in [1.54, 1.807) is 24.3 Å². The third-order valence-corrected chi connectivity index (χ3v) is 4.60. The molecule has 0 spiro atoms. The Morgan fingerprint density at radius 3 is 2.60 bits per heavy atom. The summed E-state index contributed by atoms with van der Waals surface area (Å²) in [5, 5.41) is 12.3. The standard InChI is InChI=1S/C19H16N2O3S/c1-2-12-7-9-13(10-8-12)11-16-17(22)21-19(25-16)20-15-6-4-3-5-14(15)18(23)24/h3-11H,2H2,1H3,(H,23,24)(H,20,21,22). The number of benzene rings is 2. The van der Waals surface area contributed by atoms with Crippen LogP contribution in [0.4, 0.5) is 5.69 Å². The van der Waals surface area contributed by atoms with Crippen LogP contribution in [0, 0.1) is 0 Å². The molecule has 0 radical (unpaired) electrons. The molecule has 2 aromatic rings. The average Bonchev–Trinajstić information content (AvgIpc) is 2.95. The molecule has 1 aliphatic rings. The fraction of sp³-hybridized carbons (Fsp3) is 0.105. The van der Waals surface area contributed by atoms with E-state index in [0.717, 1.165) is 12.0 Å². The Bertz CT molecular complexity index is 886. The van der Waals surface area contributed by atoms with Crippen molar-refractivity contribution in [3.8, 4) is 0 Å². The second-order valence-corrected chi connectivity index (χ2v) is 6.43. The van der Waals surface area contributed by atoms with E-state index in [-0.39, 0.29) is 11.5 Å². The normalized spacial score (nSPS) is 17.1. The topological polar surface area (TPSA) is 78.8 Å². The Kier molecular flexibility index (Phi) is 5.00. The third kappa shape index (κ3) is 3.97. The minimum absolute atomic E-state index is 0.0948. The van der Waals surface area contributed by atoms with Gasteiger partial charge in [0, 0.05) is 0 Å². The van der Waals surface area contributed by atoms with Crippen LogP contribution in [0.1, 0.15) is 28.4 Å². The Balaban J connectivity index is 1.85. The van der Waals surface area contributed by atoms with Crippen LogP contribution >= 0.6 is 11.8 Å². The van der Waals surface area contributed by atoms with E-state index in [0.29, 0.717) is 15.8 Å². The first-order chi connectivity index (χ1) is 12.1. The molecule has 2 aromatic carbocycles.